The maximum atomic E-state index is 11.5. The van der Waals surface area contributed by atoms with E-state index in [9.17, 15) is 4.79 Å². The van der Waals surface area contributed by atoms with Crippen molar-refractivity contribution in [2.75, 3.05) is 13.7 Å². The summed E-state index contributed by atoms with van der Waals surface area (Å²) >= 11 is 0. The van der Waals surface area contributed by atoms with E-state index in [4.69, 9.17) is 10.5 Å². The molecule has 0 aromatic heterocycles. The number of ketones is 1. The number of carbonyl (C=O) groups is 1. The lowest BCUT2D eigenvalue weighted by molar-refractivity contribution is -0.119. The van der Waals surface area contributed by atoms with Gasteiger partial charge in [0.25, 0.3) is 0 Å². The number of Topliss-reactive ketones (excluding diaryl/α,β-unsaturated/α-hetero) is 1. The second kappa shape index (κ2) is 7.85. The van der Waals surface area contributed by atoms with E-state index in [1.54, 1.807) is 7.11 Å². The topological polar surface area (TPSA) is 52.3 Å². The van der Waals surface area contributed by atoms with Gasteiger partial charge in [-0.15, -0.1) is 0 Å². The fourth-order valence-electron chi connectivity index (χ4n) is 1.67. The molecule has 0 saturated heterocycles. The molecule has 0 bridgehead atoms. The van der Waals surface area contributed by atoms with Crippen LogP contribution in [0, 0.1) is 0 Å². The van der Waals surface area contributed by atoms with Crippen LogP contribution in [0.5, 0.6) is 5.75 Å². The third-order valence-electron chi connectivity index (χ3n) is 2.76. The molecule has 0 fully saturated rings. The zero-order valence-electron chi connectivity index (χ0n) is 10.4. The van der Waals surface area contributed by atoms with Crippen molar-refractivity contribution < 1.29 is 9.53 Å². The molecule has 0 aliphatic heterocycles. The van der Waals surface area contributed by atoms with Crippen LogP contribution < -0.4 is 10.5 Å². The predicted octanol–water partition coefficient (Wildman–Crippen LogP) is 2.33. The molecule has 3 heteroatoms. The van der Waals surface area contributed by atoms with Gasteiger partial charge < -0.3 is 10.5 Å². The van der Waals surface area contributed by atoms with Crippen LogP contribution in [0.3, 0.4) is 0 Å². The lowest BCUT2D eigenvalue weighted by atomic mass is 10.0. The van der Waals surface area contributed by atoms with Crippen molar-refractivity contribution >= 4 is 5.78 Å². The Hall–Kier alpha value is -1.35. The molecular weight excluding hydrogens is 214 g/mol. The van der Waals surface area contributed by atoms with Gasteiger partial charge in [-0.3, -0.25) is 4.79 Å². The largest absolute Gasteiger partial charge is 0.497 e. The van der Waals surface area contributed by atoms with Crippen LogP contribution in [0.4, 0.5) is 0 Å². The lowest BCUT2D eigenvalue weighted by Gasteiger charge is -2.03. The predicted molar refractivity (Wildman–Crippen MR) is 69.2 cm³/mol. The van der Waals surface area contributed by atoms with E-state index in [0.717, 1.165) is 25.0 Å². The quantitative estimate of drug-likeness (QED) is 0.703. The molecule has 94 valence electrons. The first-order valence-corrected chi connectivity index (χ1v) is 6.11. The second-order valence-corrected chi connectivity index (χ2v) is 4.13. The van der Waals surface area contributed by atoms with E-state index in [1.807, 2.05) is 24.3 Å². The van der Waals surface area contributed by atoms with E-state index in [1.165, 1.54) is 5.56 Å². The summed E-state index contributed by atoms with van der Waals surface area (Å²) in [5, 5.41) is 0. The zero-order valence-corrected chi connectivity index (χ0v) is 10.4. The number of aryl methyl sites for hydroxylation is 1. The summed E-state index contributed by atoms with van der Waals surface area (Å²) < 4.78 is 5.08. The van der Waals surface area contributed by atoms with Gasteiger partial charge in [0, 0.05) is 12.8 Å². The highest BCUT2D eigenvalue weighted by atomic mass is 16.5. The number of rotatable bonds is 8. The van der Waals surface area contributed by atoms with Crippen LogP contribution in [0.1, 0.15) is 31.2 Å². The average molecular weight is 235 g/mol. The number of hydrogen-bond donors (Lipinski definition) is 1. The fraction of sp³-hybridized carbons (Fsp3) is 0.500. The number of hydrogen-bond acceptors (Lipinski definition) is 3. The summed E-state index contributed by atoms with van der Waals surface area (Å²) in [4.78, 5) is 11.5. The van der Waals surface area contributed by atoms with Crippen LogP contribution in [0.15, 0.2) is 24.3 Å². The molecule has 0 saturated carbocycles. The molecule has 1 aromatic carbocycles. The van der Waals surface area contributed by atoms with Crippen molar-refractivity contribution in [1.82, 2.24) is 0 Å². The molecular formula is C14H21NO2. The maximum Gasteiger partial charge on any atom is 0.133 e. The molecule has 0 spiro atoms. The monoisotopic (exact) mass is 235 g/mol. The van der Waals surface area contributed by atoms with Crippen molar-refractivity contribution in [2.24, 2.45) is 5.73 Å². The third-order valence-corrected chi connectivity index (χ3v) is 2.76. The Morgan fingerprint density at radius 1 is 1.18 bits per heavy atom. The van der Waals surface area contributed by atoms with E-state index in [2.05, 4.69) is 0 Å². The molecule has 17 heavy (non-hydrogen) atoms. The molecule has 1 aromatic rings. The third kappa shape index (κ3) is 5.50. The smallest absolute Gasteiger partial charge is 0.133 e. The van der Waals surface area contributed by atoms with Crippen molar-refractivity contribution in [2.45, 2.75) is 32.1 Å². The summed E-state index contributed by atoms with van der Waals surface area (Å²) in [6.45, 7) is 0.672. The van der Waals surface area contributed by atoms with Gasteiger partial charge in [0.15, 0.2) is 0 Å². The van der Waals surface area contributed by atoms with Gasteiger partial charge in [-0.1, -0.05) is 12.1 Å². The molecule has 1 rings (SSSR count). The van der Waals surface area contributed by atoms with E-state index >= 15 is 0 Å². The Labute approximate surface area is 103 Å². The van der Waals surface area contributed by atoms with Crippen LogP contribution in [0.2, 0.25) is 0 Å². The minimum Gasteiger partial charge on any atom is -0.497 e. The van der Waals surface area contributed by atoms with Crippen molar-refractivity contribution in [1.29, 1.82) is 0 Å². The highest BCUT2D eigenvalue weighted by molar-refractivity contribution is 5.78. The number of methoxy groups -OCH3 is 1. The van der Waals surface area contributed by atoms with Crippen molar-refractivity contribution in [3.63, 3.8) is 0 Å². The lowest BCUT2D eigenvalue weighted by Crippen LogP contribution is -2.03. The SMILES string of the molecule is COc1ccc(CCC(=O)CCCCN)cc1. The summed E-state index contributed by atoms with van der Waals surface area (Å²) in [6.07, 6.45) is 3.95. The highest BCUT2D eigenvalue weighted by Crippen LogP contribution is 2.13. The number of benzene rings is 1. The van der Waals surface area contributed by atoms with Gasteiger partial charge in [0.05, 0.1) is 7.11 Å². The Morgan fingerprint density at radius 3 is 2.47 bits per heavy atom. The van der Waals surface area contributed by atoms with E-state index < -0.39 is 0 Å². The van der Waals surface area contributed by atoms with Crippen molar-refractivity contribution in [3.05, 3.63) is 29.8 Å². The normalized spacial score (nSPS) is 10.2. The van der Waals surface area contributed by atoms with Gasteiger partial charge in [-0.05, 0) is 43.5 Å². The number of unbranched alkanes of at least 4 members (excludes halogenated alkanes) is 1. The molecule has 0 aliphatic carbocycles. The minimum atomic E-state index is 0.328. The standard InChI is InChI=1S/C14H21NO2/c1-17-14-9-6-12(7-10-14)5-8-13(16)4-2-3-11-15/h6-7,9-10H,2-5,8,11,15H2,1H3. The number of ether oxygens (including phenoxy) is 1. The number of nitrogens with two attached hydrogens (primary N) is 1. The first-order chi connectivity index (χ1) is 8.26. The van der Waals surface area contributed by atoms with Gasteiger partial charge in [0.1, 0.15) is 11.5 Å². The molecule has 0 unspecified atom stereocenters. The van der Waals surface area contributed by atoms with Crippen LogP contribution in [0.25, 0.3) is 0 Å². The van der Waals surface area contributed by atoms with E-state index in [-0.39, 0.29) is 0 Å². The molecule has 2 N–H and O–H groups in total. The Morgan fingerprint density at radius 2 is 1.88 bits per heavy atom. The maximum absolute atomic E-state index is 11.5. The summed E-state index contributed by atoms with van der Waals surface area (Å²) in [6, 6.07) is 7.86. The fourth-order valence-corrected chi connectivity index (χ4v) is 1.67. The van der Waals surface area contributed by atoms with E-state index in [0.29, 0.717) is 25.2 Å². The Balaban J connectivity index is 2.27. The summed E-state index contributed by atoms with van der Waals surface area (Å²) in [5.74, 6) is 1.18. The van der Waals surface area contributed by atoms with Gasteiger partial charge in [-0.2, -0.15) is 0 Å². The van der Waals surface area contributed by atoms with Crippen LogP contribution in [-0.2, 0) is 11.2 Å². The van der Waals surface area contributed by atoms with Crippen molar-refractivity contribution in [3.8, 4) is 5.75 Å². The molecule has 0 atom stereocenters. The number of carbonyl (C=O) groups excluding carboxylic acids is 1. The summed E-state index contributed by atoms with van der Waals surface area (Å²) in [7, 11) is 1.65. The first-order valence-electron chi connectivity index (χ1n) is 6.11. The molecule has 0 amide bonds. The Kier molecular flexibility index (Phi) is 6.33. The second-order valence-electron chi connectivity index (χ2n) is 4.13. The minimum absolute atomic E-state index is 0.328. The van der Waals surface area contributed by atoms with Gasteiger partial charge in [-0.25, -0.2) is 0 Å². The summed E-state index contributed by atoms with van der Waals surface area (Å²) in [5.41, 5.74) is 6.56. The zero-order chi connectivity index (χ0) is 12.5. The molecule has 3 nitrogen and oxygen atoms in total. The average Bonchev–Trinajstić information content (AvgIpc) is 2.37. The van der Waals surface area contributed by atoms with Crippen LogP contribution in [-0.4, -0.2) is 19.4 Å². The van der Waals surface area contributed by atoms with Crippen LogP contribution >= 0.6 is 0 Å². The molecule has 0 heterocycles. The van der Waals surface area contributed by atoms with Gasteiger partial charge in [0.2, 0.25) is 0 Å². The Bertz CT molecular complexity index is 333. The van der Waals surface area contributed by atoms with Gasteiger partial charge >= 0.3 is 0 Å². The molecule has 0 aliphatic rings. The first kappa shape index (κ1) is 13.7. The highest BCUT2D eigenvalue weighted by Gasteiger charge is 2.02. The molecule has 0 radical (unpaired) electrons.